The highest BCUT2D eigenvalue weighted by Gasteiger charge is 2.15. The minimum atomic E-state index is -0.217. The topological polar surface area (TPSA) is 85.3 Å². The molecule has 0 unspecified atom stereocenters. The lowest BCUT2D eigenvalue weighted by molar-refractivity contribution is 0.102. The van der Waals surface area contributed by atoms with Gasteiger partial charge >= 0.3 is 0 Å². The van der Waals surface area contributed by atoms with Crippen molar-refractivity contribution in [2.24, 2.45) is 0 Å². The minimum absolute atomic E-state index is 0.217. The number of benzene rings is 1. The summed E-state index contributed by atoms with van der Waals surface area (Å²) in [5.74, 6) is 0.766. The second kappa shape index (κ2) is 5.86. The molecule has 0 spiro atoms. The van der Waals surface area contributed by atoms with Crippen LogP contribution in [0.2, 0.25) is 0 Å². The molecule has 0 atom stereocenters. The lowest BCUT2D eigenvalue weighted by atomic mass is 10.1. The zero-order chi connectivity index (χ0) is 17.4. The third kappa shape index (κ3) is 2.76. The van der Waals surface area contributed by atoms with Crippen LogP contribution in [0.5, 0.6) is 0 Å². The van der Waals surface area contributed by atoms with Crippen LogP contribution < -0.4 is 5.32 Å². The van der Waals surface area contributed by atoms with E-state index in [9.17, 15) is 4.79 Å². The number of carbonyl (C=O) groups excluding carboxylic acids is 1. The van der Waals surface area contributed by atoms with Gasteiger partial charge in [0.15, 0.2) is 0 Å². The molecule has 1 aromatic carbocycles. The van der Waals surface area contributed by atoms with E-state index in [4.69, 9.17) is 4.52 Å². The van der Waals surface area contributed by atoms with Crippen molar-refractivity contribution in [1.29, 1.82) is 0 Å². The van der Waals surface area contributed by atoms with Crippen LogP contribution in [-0.4, -0.2) is 25.7 Å². The molecule has 0 saturated carbocycles. The van der Waals surface area contributed by atoms with Crippen molar-refractivity contribution in [3.05, 3.63) is 65.8 Å². The summed E-state index contributed by atoms with van der Waals surface area (Å²) in [7, 11) is 0. The highest BCUT2D eigenvalue weighted by Crippen LogP contribution is 2.24. The zero-order valence-corrected chi connectivity index (χ0v) is 13.7. The quantitative estimate of drug-likeness (QED) is 0.622. The number of pyridine rings is 1. The third-order valence-corrected chi connectivity index (χ3v) is 3.94. The van der Waals surface area contributed by atoms with E-state index in [2.05, 4.69) is 20.6 Å². The van der Waals surface area contributed by atoms with Crippen LogP contribution in [0, 0.1) is 13.8 Å². The van der Waals surface area contributed by atoms with Crippen LogP contribution >= 0.6 is 0 Å². The SMILES string of the molecule is Cc1nc(-c2ccc(C)c(NC(=O)c3cnn4ccccc34)c2)no1. The number of nitrogens with zero attached hydrogens (tertiary/aromatic N) is 4. The monoisotopic (exact) mass is 333 g/mol. The number of fused-ring (bicyclic) bond motifs is 1. The first-order chi connectivity index (χ1) is 12.1. The lowest BCUT2D eigenvalue weighted by Crippen LogP contribution is -2.12. The average Bonchev–Trinajstić information content (AvgIpc) is 3.23. The Kier molecular flexibility index (Phi) is 3.53. The van der Waals surface area contributed by atoms with E-state index in [1.165, 1.54) is 0 Å². The molecule has 0 aliphatic carbocycles. The number of hydrogen-bond acceptors (Lipinski definition) is 5. The van der Waals surface area contributed by atoms with Crippen molar-refractivity contribution in [2.45, 2.75) is 13.8 Å². The summed E-state index contributed by atoms with van der Waals surface area (Å²) in [6, 6.07) is 11.2. The van der Waals surface area contributed by atoms with Gasteiger partial charge in [-0.3, -0.25) is 4.79 Å². The molecule has 1 N–H and O–H groups in total. The van der Waals surface area contributed by atoms with Crippen molar-refractivity contribution in [2.75, 3.05) is 5.32 Å². The summed E-state index contributed by atoms with van der Waals surface area (Å²) in [6.45, 7) is 3.66. The standard InChI is InChI=1S/C18H15N5O2/c1-11-6-7-13(17-20-12(2)25-22-17)9-15(11)21-18(24)14-10-19-23-8-4-3-5-16(14)23/h3-10H,1-2H3,(H,21,24). The Balaban J connectivity index is 1.67. The number of nitrogens with one attached hydrogen (secondary N) is 1. The first-order valence-corrected chi connectivity index (χ1v) is 7.77. The molecule has 7 nitrogen and oxygen atoms in total. The van der Waals surface area contributed by atoms with Crippen molar-refractivity contribution in [1.82, 2.24) is 19.8 Å². The Bertz CT molecular complexity index is 1080. The Morgan fingerprint density at radius 2 is 2.08 bits per heavy atom. The van der Waals surface area contributed by atoms with E-state index in [1.54, 1.807) is 23.8 Å². The number of anilines is 1. The molecule has 0 fully saturated rings. The molecular weight excluding hydrogens is 318 g/mol. The van der Waals surface area contributed by atoms with Gasteiger partial charge in [-0.05, 0) is 30.7 Å². The molecule has 4 aromatic rings. The van der Waals surface area contributed by atoms with E-state index in [1.807, 2.05) is 43.3 Å². The van der Waals surface area contributed by atoms with Gasteiger partial charge in [0.25, 0.3) is 5.91 Å². The number of aromatic nitrogens is 4. The number of hydrogen-bond donors (Lipinski definition) is 1. The molecule has 0 saturated heterocycles. The number of amides is 1. The van der Waals surface area contributed by atoms with E-state index in [0.717, 1.165) is 16.6 Å². The Hall–Kier alpha value is -3.48. The van der Waals surface area contributed by atoms with Gasteiger partial charge in [-0.1, -0.05) is 23.4 Å². The maximum absolute atomic E-state index is 12.7. The van der Waals surface area contributed by atoms with Crippen LogP contribution in [0.1, 0.15) is 21.8 Å². The number of rotatable bonds is 3. The van der Waals surface area contributed by atoms with Crippen LogP contribution in [0.4, 0.5) is 5.69 Å². The van der Waals surface area contributed by atoms with Gasteiger partial charge in [-0.25, -0.2) is 4.52 Å². The molecule has 124 valence electrons. The summed E-state index contributed by atoms with van der Waals surface area (Å²) in [5, 5.41) is 11.1. The van der Waals surface area contributed by atoms with Crippen molar-refractivity contribution in [3.8, 4) is 11.4 Å². The van der Waals surface area contributed by atoms with Gasteiger partial charge in [-0.2, -0.15) is 10.1 Å². The third-order valence-electron chi connectivity index (χ3n) is 3.94. The molecule has 25 heavy (non-hydrogen) atoms. The Labute approximate surface area is 143 Å². The first-order valence-electron chi connectivity index (χ1n) is 7.77. The van der Waals surface area contributed by atoms with Gasteiger partial charge in [0.2, 0.25) is 11.7 Å². The molecule has 0 aliphatic rings. The van der Waals surface area contributed by atoms with Gasteiger partial charge in [0.05, 0.1) is 17.3 Å². The van der Waals surface area contributed by atoms with Gasteiger partial charge < -0.3 is 9.84 Å². The summed E-state index contributed by atoms with van der Waals surface area (Å²) in [4.78, 5) is 16.9. The average molecular weight is 333 g/mol. The van der Waals surface area contributed by atoms with Crippen LogP contribution in [0.15, 0.2) is 53.3 Å². The second-order valence-corrected chi connectivity index (χ2v) is 5.71. The molecule has 4 rings (SSSR count). The fourth-order valence-corrected chi connectivity index (χ4v) is 2.61. The Morgan fingerprint density at radius 3 is 2.88 bits per heavy atom. The highest BCUT2D eigenvalue weighted by atomic mass is 16.5. The molecule has 3 aromatic heterocycles. The summed E-state index contributed by atoms with van der Waals surface area (Å²) in [6.07, 6.45) is 3.36. The van der Waals surface area contributed by atoms with Crippen molar-refractivity contribution >= 4 is 17.1 Å². The smallest absolute Gasteiger partial charge is 0.259 e. The largest absolute Gasteiger partial charge is 0.339 e. The van der Waals surface area contributed by atoms with Gasteiger partial charge in [0, 0.05) is 24.4 Å². The molecule has 0 aliphatic heterocycles. The van der Waals surface area contributed by atoms with Gasteiger partial charge in [-0.15, -0.1) is 0 Å². The van der Waals surface area contributed by atoms with Gasteiger partial charge in [0.1, 0.15) is 0 Å². The predicted molar refractivity (Wildman–Crippen MR) is 92.4 cm³/mol. The zero-order valence-electron chi connectivity index (χ0n) is 13.7. The predicted octanol–water partition coefficient (Wildman–Crippen LogP) is 3.25. The number of carbonyl (C=O) groups is 1. The first kappa shape index (κ1) is 15.1. The second-order valence-electron chi connectivity index (χ2n) is 5.71. The van der Waals surface area contributed by atoms with E-state index in [-0.39, 0.29) is 5.91 Å². The maximum Gasteiger partial charge on any atom is 0.259 e. The molecule has 0 bridgehead atoms. The lowest BCUT2D eigenvalue weighted by Gasteiger charge is -2.09. The summed E-state index contributed by atoms with van der Waals surface area (Å²) >= 11 is 0. The summed E-state index contributed by atoms with van der Waals surface area (Å²) in [5.41, 5.74) is 3.68. The minimum Gasteiger partial charge on any atom is -0.339 e. The molecule has 0 radical (unpaired) electrons. The normalized spacial score (nSPS) is 11.0. The highest BCUT2D eigenvalue weighted by molar-refractivity contribution is 6.09. The van der Waals surface area contributed by atoms with E-state index in [0.29, 0.717) is 23.0 Å². The molecule has 1 amide bonds. The Morgan fingerprint density at radius 1 is 1.20 bits per heavy atom. The van der Waals surface area contributed by atoms with Crippen LogP contribution in [0.3, 0.4) is 0 Å². The van der Waals surface area contributed by atoms with E-state index >= 15 is 0 Å². The molecular formula is C18H15N5O2. The molecule has 7 heteroatoms. The van der Waals surface area contributed by atoms with E-state index < -0.39 is 0 Å². The van der Waals surface area contributed by atoms with Crippen molar-refractivity contribution < 1.29 is 9.32 Å². The fourth-order valence-electron chi connectivity index (χ4n) is 2.61. The number of aryl methyl sites for hydroxylation is 2. The van der Waals surface area contributed by atoms with Crippen LogP contribution in [0.25, 0.3) is 16.9 Å². The molecule has 3 heterocycles. The maximum atomic E-state index is 12.7. The fraction of sp³-hybridized carbons (Fsp3) is 0.111. The summed E-state index contributed by atoms with van der Waals surface area (Å²) < 4.78 is 6.68. The van der Waals surface area contributed by atoms with Crippen molar-refractivity contribution in [3.63, 3.8) is 0 Å². The van der Waals surface area contributed by atoms with Crippen LogP contribution in [-0.2, 0) is 0 Å².